The Kier molecular flexibility index (Phi) is 6.53. The Morgan fingerprint density at radius 1 is 1.18 bits per heavy atom. The fraction of sp³-hybridized carbons (Fsp3) is 0.588. The van der Waals surface area contributed by atoms with Crippen LogP contribution in [0.4, 0.5) is 10.5 Å². The third-order valence-corrected chi connectivity index (χ3v) is 3.14. The molecule has 0 unspecified atom stereocenters. The molecule has 0 aliphatic carbocycles. The Morgan fingerprint density at radius 2 is 1.86 bits per heavy atom. The number of alkyl carbamates (subject to hydrolysis) is 1. The van der Waals surface area contributed by atoms with Crippen LogP contribution < -0.4 is 15.4 Å². The van der Waals surface area contributed by atoms with Crippen molar-refractivity contribution in [3.63, 3.8) is 0 Å². The third kappa shape index (κ3) is 5.84. The number of carbonyl (C=O) groups excluding carboxylic acids is 1. The molecule has 0 bridgehead atoms. The van der Waals surface area contributed by atoms with E-state index in [-0.39, 0.29) is 6.09 Å². The molecule has 0 saturated carbocycles. The minimum Gasteiger partial charge on any atom is -0.496 e. The summed E-state index contributed by atoms with van der Waals surface area (Å²) in [5.74, 6) is 0.914. The zero-order chi connectivity index (χ0) is 16.8. The predicted molar refractivity (Wildman–Crippen MR) is 89.8 cm³/mol. The highest BCUT2D eigenvalue weighted by atomic mass is 16.6. The molecular formula is C17H28N2O3. The van der Waals surface area contributed by atoms with Gasteiger partial charge in [-0.1, -0.05) is 6.07 Å². The van der Waals surface area contributed by atoms with Crippen molar-refractivity contribution >= 4 is 11.8 Å². The second kappa shape index (κ2) is 7.92. The van der Waals surface area contributed by atoms with Crippen LogP contribution in [0.5, 0.6) is 5.75 Å². The van der Waals surface area contributed by atoms with Crippen LogP contribution in [-0.4, -0.2) is 31.9 Å². The first-order chi connectivity index (χ1) is 10.2. The molecule has 0 radical (unpaired) electrons. The van der Waals surface area contributed by atoms with Gasteiger partial charge in [0.15, 0.2) is 0 Å². The van der Waals surface area contributed by atoms with Crippen LogP contribution in [0.2, 0.25) is 0 Å². The second-order valence-electron chi connectivity index (χ2n) is 6.30. The average molecular weight is 308 g/mol. The number of rotatable bonds is 6. The molecule has 0 atom stereocenters. The van der Waals surface area contributed by atoms with E-state index in [0.717, 1.165) is 35.5 Å². The van der Waals surface area contributed by atoms with Crippen molar-refractivity contribution in [3.8, 4) is 5.75 Å². The van der Waals surface area contributed by atoms with Crippen LogP contribution in [-0.2, 0) is 4.74 Å². The van der Waals surface area contributed by atoms with Crippen LogP contribution in [0.3, 0.4) is 0 Å². The molecule has 1 aromatic rings. The minimum atomic E-state index is -0.460. The fourth-order valence-electron chi connectivity index (χ4n) is 2.15. The van der Waals surface area contributed by atoms with Crippen molar-refractivity contribution in [2.24, 2.45) is 0 Å². The first-order valence-electron chi connectivity index (χ1n) is 7.59. The zero-order valence-electron chi connectivity index (χ0n) is 14.5. The Bertz CT molecular complexity index is 507. The second-order valence-corrected chi connectivity index (χ2v) is 6.30. The molecule has 0 aliphatic rings. The topological polar surface area (TPSA) is 59.6 Å². The van der Waals surface area contributed by atoms with Crippen LogP contribution in [0.25, 0.3) is 0 Å². The van der Waals surface area contributed by atoms with Crippen molar-refractivity contribution in [2.75, 3.05) is 25.5 Å². The summed E-state index contributed by atoms with van der Waals surface area (Å²) in [7, 11) is 1.68. The summed E-state index contributed by atoms with van der Waals surface area (Å²) in [5, 5.41) is 6.11. The summed E-state index contributed by atoms with van der Waals surface area (Å²) in [5.41, 5.74) is 2.82. The predicted octanol–water partition coefficient (Wildman–Crippen LogP) is 3.64. The van der Waals surface area contributed by atoms with Crippen molar-refractivity contribution in [2.45, 2.75) is 46.6 Å². The Balaban J connectivity index is 2.35. The van der Waals surface area contributed by atoms with Gasteiger partial charge in [-0.05, 0) is 52.7 Å². The normalized spacial score (nSPS) is 11.0. The van der Waals surface area contributed by atoms with E-state index in [1.807, 2.05) is 40.7 Å². The highest BCUT2D eigenvalue weighted by molar-refractivity contribution is 5.67. The number of hydrogen-bond donors (Lipinski definition) is 2. The lowest BCUT2D eigenvalue weighted by atomic mass is 10.1. The zero-order valence-corrected chi connectivity index (χ0v) is 14.5. The Labute approximate surface area is 133 Å². The van der Waals surface area contributed by atoms with Gasteiger partial charge in [0.05, 0.1) is 7.11 Å². The molecule has 1 aromatic carbocycles. The van der Waals surface area contributed by atoms with Gasteiger partial charge in [0, 0.05) is 24.3 Å². The molecular weight excluding hydrogens is 280 g/mol. The van der Waals surface area contributed by atoms with Gasteiger partial charge in [-0.25, -0.2) is 4.79 Å². The molecule has 124 valence electrons. The number of amides is 1. The molecule has 0 saturated heterocycles. The molecule has 0 aliphatic heterocycles. The summed E-state index contributed by atoms with van der Waals surface area (Å²) < 4.78 is 10.6. The van der Waals surface area contributed by atoms with E-state index in [9.17, 15) is 4.79 Å². The average Bonchev–Trinajstić information content (AvgIpc) is 2.39. The van der Waals surface area contributed by atoms with Crippen molar-refractivity contribution < 1.29 is 14.3 Å². The van der Waals surface area contributed by atoms with Gasteiger partial charge >= 0.3 is 6.09 Å². The number of benzene rings is 1. The van der Waals surface area contributed by atoms with Crippen molar-refractivity contribution in [1.29, 1.82) is 0 Å². The molecule has 0 spiro atoms. The number of aryl methyl sites for hydroxylation is 1. The van der Waals surface area contributed by atoms with Gasteiger partial charge in [0.1, 0.15) is 11.4 Å². The van der Waals surface area contributed by atoms with Crippen LogP contribution >= 0.6 is 0 Å². The van der Waals surface area contributed by atoms with E-state index in [2.05, 4.69) is 16.7 Å². The Hall–Kier alpha value is -1.91. The molecule has 0 aromatic heterocycles. The van der Waals surface area contributed by atoms with Crippen molar-refractivity contribution in [3.05, 3.63) is 23.3 Å². The maximum atomic E-state index is 11.5. The number of carbonyl (C=O) groups is 1. The van der Waals surface area contributed by atoms with Crippen molar-refractivity contribution in [1.82, 2.24) is 5.32 Å². The van der Waals surface area contributed by atoms with E-state index in [0.29, 0.717) is 6.54 Å². The molecule has 22 heavy (non-hydrogen) atoms. The van der Waals surface area contributed by atoms with E-state index in [4.69, 9.17) is 9.47 Å². The van der Waals surface area contributed by atoms with E-state index >= 15 is 0 Å². The van der Waals surface area contributed by atoms with Crippen LogP contribution in [0.15, 0.2) is 12.1 Å². The van der Waals surface area contributed by atoms with E-state index in [1.54, 1.807) is 7.11 Å². The standard InChI is InChI=1S/C17H28N2O3/c1-12-8-9-14(13(2)15(12)21-6)18-10-7-11-19-16(20)22-17(3,4)5/h8-9,18H,7,10-11H2,1-6H3,(H,19,20). The maximum Gasteiger partial charge on any atom is 0.407 e. The summed E-state index contributed by atoms with van der Waals surface area (Å²) >= 11 is 0. The van der Waals surface area contributed by atoms with Gasteiger partial charge in [0.2, 0.25) is 0 Å². The largest absolute Gasteiger partial charge is 0.496 e. The first-order valence-corrected chi connectivity index (χ1v) is 7.59. The summed E-state index contributed by atoms with van der Waals surface area (Å²) in [6.07, 6.45) is 0.440. The van der Waals surface area contributed by atoms with Gasteiger partial charge in [-0.2, -0.15) is 0 Å². The molecule has 0 fully saturated rings. The molecule has 5 nitrogen and oxygen atoms in total. The van der Waals surface area contributed by atoms with Gasteiger partial charge in [-0.15, -0.1) is 0 Å². The van der Waals surface area contributed by atoms with Gasteiger partial charge in [0.25, 0.3) is 0 Å². The maximum absolute atomic E-state index is 11.5. The molecule has 5 heteroatoms. The highest BCUT2D eigenvalue weighted by Crippen LogP contribution is 2.28. The molecule has 1 amide bonds. The number of nitrogens with one attached hydrogen (secondary N) is 2. The lowest BCUT2D eigenvalue weighted by Gasteiger charge is -2.19. The number of hydrogen-bond acceptors (Lipinski definition) is 4. The minimum absolute atomic E-state index is 0.374. The number of ether oxygens (including phenoxy) is 2. The molecule has 2 N–H and O–H groups in total. The summed E-state index contributed by atoms with van der Waals surface area (Å²) in [6, 6.07) is 4.08. The van der Waals surface area contributed by atoms with E-state index < -0.39 is 5.60 Å². The monoisotopic (exact) mass is 308 g/mol. The van der Waals surface area contributed by atoms with Gasteiger partial charge in [-0.3, -0.25) is 0 Å². The highest BCUT2D eigenvalue weighted by Gasteiger charge is 2.15. The quantitative estimate of drug-likeness (QED) is 0.788. The van der Waals surface area contributed by atoms with Gasteiger partial charge < -0.3 is 20.1 Å². The van der Waals surface area contributed by atoms with E-state index in [1.165, 1.54) is 0 Å². The Morgan fingerprint density at radius 3 is 2.45 bits per heavy atom. The number of anilines is 1. The first kappa shape index (κ1) is 18.1. The summed E-state index contributed by atoms with van der Waals surface area (Å²) in [6.45, 7) is 10.9. The lowest BCUT2D eigenvalue weighted by molar-refractivity contribution is 0.0528. The summed E-state index contributed by atoms with van der Waals surface area (Å²) in [4.78, 5) is 11.5. The lowest BCUT2D eigenvalue weighted by Crippen LogP contribution is -2.33. The molecule has 1 rings (SSSR count). The SMILES string of the molecule is COc1c(C)ccc(NCCCNC(=O)OC(C)(C)C)c1C. The van der Waals surface area contributed by atoms with Crippen LogP contribution in [0.1, 0.15) is 38.3 Å². The van der Waals surface area contributed by atoms with Crippen LogP contribution in [0, 0.1) is 13.8 Å². The fourth-order valence-corrected chi connectivity index (χ4v) is 2.15. The smallest absolute Gasteiger partial charge is 0.407 e. The third-order valence-electron chi connectivity index (χ3n) is 3.14. The molecule has 0 heterocycles. The number of methoxy groups -OCH3 is 1.